The fraction of sp³-hybridized carbons (Fsp3) is 0.320. The maximum Gasteiger partial charge on any atom is 0.257 e. The van der Waals surface area contributed by atoms with E-state index in [4.69, 9.17) is 27.9 Å². The molecule has 5 rings (SSSR count). The SMILES string of the molecule is O=C(Nc1cccc(Sc2cnc(N3CCC4(CC3)COC[C@H]4O)cn2)c1Cl)c1cc(F)c(F)cc1Cl. The van der Waals surface area contributed by atoms with Crippen LogP contribution in [0, 0.1) is 17.0 Å². The van der Waals surface area contributed by atoms with Gasteiger partial charge < -0.3 is 20.1 Å². The molecule has 1 atom stereocenters. The van der Waals surface area contributed by atoms with Crippen molar-refractivity contribution in [2.45, 2.75) is 28.9 Å². The van der Waals surface area contributed by atoms with Crippen molar-refractivity contribution in [3.05, 3.63) is 70.0 Å². The van der Waals surface area contributed by atoms with E-state index >= 15 is 0 Å². The average molecular weight is 567 g/mol. The van der Waals surface area contributed by atoms with Crippen molar-refractivity contribution in [1.29, 1.82) is 0 Å². The number of carbonyl (C=O) groups is 1. The summed E-state index contributed by atoms with van der Waals surface area (Å²) >= 11 is 13.7. The van der Waals surface area contributed by atoms with Crippen molar-refractivity contribution in [2.24, 2.45) is 5.41 Å². The molecule has 12 heteroatoms. The van der Waals surface area contributed by atoms with Gasteiger partial charge in [0.25, 0.3) is 5.91 Å². The monoisotopic (exact) mass is 566 g/mol. The summed E-state index contributed by atoms with van der Waals surface area (Å²) < 4.78 is 32.4. The largest absolute Gasteiger partial charge is 0.390 e. The molecule has 3 heterocycles. The lowest BCUT2D eigenvalue weighted by Crippen LogP contribution is -2.46. The summed E-state index contributed by atoms with van der Waals surface area (Å²) in [4.78, 5) is 24.4. The number of hydrogen-bond donors (Lipinski definition) is 2. The van der Waals surface area contributed by atoms with Gasteiger partial charge in [-0.3, -0.25) is 4.79 Å². The molecule has 1 spiro atoms. The molecule has 2 fully saturated rings. The van der Waals surface area contributed by atoms with Crippen molar-refractivity contribution in [2.75, 3.05) is 36.5 Å². The molecule has 0 saturated carbocycles. The van der Waals surface area contributed by atoms with Crippen LogP contribution in [-0.2, 0) is 4.74 Å². The number of nitrogens with zero attached hydrogens (tertiary/aromatic N) is 3. The molecule has 2 aliphatic rings. The van der Waals surface area contributed by atoms with Gasteiger partial charge in [0.2, 0.25) is 0 Å². The molecule has 2 aromatic carbocycles. The number of anilines is 2. The Hall–Kier alpha value is -2.50. The zero-order valence-corrected chi connectivity index (χ0v) is 21.7. The van der Waals surface area contributed by atoms with Gasteiger partial charge in [-0.1, -0.05) is 41.0 Å². The highest BCUT2D eigenvalue weighted by molar-refractivity contribution is 7.99. The number of benzene rings is 2. The van der Waals surface area contributed by atoms with Crippen molar-refractivity contribution < 1.29 is 23.4 Å². The van der Waals surface area contributed by atoms with E-state index in [1.165, 1.54) is 11.8 Å². The second-order valence-electron chi connectivity index (χ2n) is 9.01. The van der Waals surface area contributed by atoms with Crippen molar-refractivity contribution in [3.8, 4) is 0 Å². The lowest BCUT2D eigenvalue weighted by atomic mass is 9.76. The zero-order chi connectivity index (χ0) is 26.2. The van der Waals surface area contributed by atoms with Crippen LogP contribution in [0.5, 0.6) is 0 Å². The Morgan fingerprint density at radius 3 is 2.59 bits per heavy atom. The van der Waals surface area contributed by atoms with Crippen LogP contribution in [0.4, 0.5) is 20.3 Å². The highest BCUT2D eigenvalue weighted by atomic mass is 35.5. The minimum atomic E-state index is -1.18. The number of nitrogens with one attached hydrogen (secondary N) is 1. The van der Waals surface area contributed by atoms with Crippen LogP contribution in [0.3, 0.4) is 0 Å². The number of rotatable bonds is 5. The summed E-state index contributed by atoms with van der Waals surface area (Å²) in [7, 11) is 0. The average Bonchev–Trinajstić information content (AvgIpc) is 3.24. The Labute approximate surface area is 226 Å². The van der Waals surface area contributed by atoms with E-state index in [9.17, 15) is 18.7 Å². The standard InChI is InChI=1S/C25H22Cl2F2N4O3S/c26-15-9-17(29)16(28)8-14(15)24(35)32-18-2-1-3-19(23(18)27)37-22-11-30-21(10-31-22)33-6-4-25(5-7-33)13-36-12-20(25)34/h1-3,8-11,20,34H,4-7,12-13H2,(H,32,35)/t20-/m1/s1. The Balaban J connectivity index is 1.25. The number of ether oxygens (including phenoxy) is 1. The third-order valence-corrected chi connectivity index (χ3v) is 8.56. The molecule has 2 N–H and O–H groups in total. The molecule has 0 aliphatic carbocycles. The maximum absolute atomic E-state index is 13.6. The first kappa shape index (κ1) is 26.1. The summed E-state index contributed by atoms with van der Waals surface area (Å²) in [5, 5.41) is 13.5. The van der Waals surface area contributed by atoms with Gasteiger partial charge in [0, 0.05) is 23.4 Å². The molecule has 1 aromatic heterocycles. The Kier molecular flexibility index (Phi) is 7.56. The van der Waals surface area contributed by atoms with Gasteiger partial charge in [-0.25, -0.2) is 18.7 Å². The molecule has 1 amide bonds. The lowest BCUT2D eigenvalue weighted by Gasteiger charge is -2.40. The first-order valence-corrected chi connectivity index (χ1v) is 13.1. The van der Waals surface area contributed by atoms with Crippen LogP contribution in [0.15, 0.2) is 52.6 Å². The molecule has 0 unspecified atom stereocenters. The van der Waals surface area contributed by atoms with E-state index in [0.29, 0.717) is 23.1 Å². The van der Waals surface area contributed by atoms with Crippen LogP contribution >= 0.6 is 35.0 Å². The van der Waals surface area contributed by atoms with E-state index in [-0.39, 0.29) is 26.7 Å². The van der Waals surface area contributed by atoms with Gasteiger partial charge in [-0.05, 0) is 37.1 Å². The number of carbonyl (C=O) groups excluding carboxylic acids is 1. The molecular weight excluding hydrogens is 545 g/mol. The lowest BCUT2D eigenvalue weighted by molar-refractivity contribution is 0.0493. The minimum Gasteiger partial charge on any atom is -0.390 e. The third kappa shape index (κ3) is 5.39. The van der Waals surface area contributed by atoms with Gasteiger partial charge in [-0.15, -0.1) is 0 Å². The summed E-state index contributed by atoms with van der Waals surface area (Å²) in [6.07, 6.45) is 4.60. The first-order valence-electron chi connectivity index (χ1n) is 11.5. The van der Waals surface area contributed by atoms with E-state index < -0.39 is 23.6 Å². The second kappa shape index (κ2) is 10.7. The summed E-state index contributed by atoms with van der Waals surface area (Å²) in [5.74, 6) is -2.29. The minimum absolute atomic E-state index is 0.160. The molecule has 194 valence electrons. The van der Waals surface area contributed by atoms with E-state index in [1.807, 2.05) is 0 Å². The third-order valence-electron chi connectivity index (χ3n) is 6.75. The van der Waals surface area contributed by atoms with Crippen molar-refractivity contribution in [1.82, 2.24) is 9.97 Å². The van der Waals surface area contributed by atoms with E-state index in [1.54, 1.807) is 30.6 Å². The highest BCUT2D eigenvalue weighted by Gasteiger charge is 2.45. The number of halogens is 4. The number of aliphatic hydroxyl groups is 1. The molecule has 0 bridgehead atoms. The van der Waals surface area contributed by atoms with Crippen LogP contribution in [-0.4, -0.2) is 53.4 Å². The van der Waals surface area contributed by atoms with Gasteiger partial charge in [0.15, 0.2) is 11.6 Å². The number of aliphatic hydroxyl groups excluding tert-OH is 1. The molecule has 3 aromatic rings. The molecule has 0 radical (unpaired) electrons. The fourth-order valence-electron chi connectivity index (χ4n) is 4.52. The predicted octanol–water partition coefficient (Wildman–Crippen LogP) is 5.44. The highest BCUT2D eigenvalue weighted by Crippen LogP contribution is 2.41. The quantitative estimate of drug-likeness (QED) is 0.397. The Morgan fingerprint density at radius 1 is 1.16 bits per heavy atom. The Bertz CT molecular complexity index is 1320. The van der Waals surface area contributed by atoms with Gasteiger partial charge in [0.1, 0.15) is 10.8 Å². The van der Waals surface area contributed by atoms with Gasteiger partial charge >= 0.3 is 0 Å². The number of amides is 1. The Morgan fingerprint density at radius 2 is 1.92 bits per heavy atom. The van der Waals surface area contributed by atoms with Crippen LogP contribution in [0.2, 0.25) is 10.0 Å². The topological polar surface area (TPSA) is 87.6 Å². The van der Waals surface area contributed by atoms with Gasteiger partial charge in [0.05, 0.1) is 53.0 Å². The normalized spacial score (nSPS) is 18.8. The summed E-state index contributed by atoms with van der Waals surface area (Å²) in [5.41, 5.74) is -0.0928. The number of aromatic nitrogens is 2. The molecule has 7 nitrogen and oxygen atoms in total. The maximum atomic E-state index is 13.6. The van der Waals surface area contributed by atoms with E-state index in [0.717, 1.165) is 43.9 Å². The molecule has 2 saturated heterocycles. The molecular formula is C25H22Cl2F2N4O3S. The predicted molar refractivity (Wildman–Crippen MR) is 138 cm³/mol. The van der Waals surface area contributed by atoms with Gasteiger partial charge in [-0.2, -0.15) is 0 Å². The molecule has 2 aliphatic heterocycles. The molecule has 37 heavy (non-hydrogen) atoms. The number of hydrogen-bond acceptors (Lipinski definition) is 7. The fourth-order valence-corrected chi connectivity index (χ4v) is 5.82. The first-order chi connectivity index (χ1) is 17.8. The zero-order valence-electron chi connectivity index (χ0n) is 19.4. The number of piperidine rings is 1. The van der Waals surface area contributed by atoms with Crippen molar-refractivity contribution in [3.63, 3.8) is 0 Å². The van der Waals surface area contributed by atoms with Crippen LogP contribution in [0.1, 0.15) is 23.2 Å². The van der Waals surface area contributed by atoms with E-state index in [2.05, 4.69) is 20.2 Å². The van der Waals surface area contributed by atoms with Crippen molar-refractivity contribution >= 4 is 52.4 Å². The smallest absolute Gasteiger partial charge is 0.257 e. The summed E-state index contributed by atoms with van der Waals surface area (Å²) in [6.45, 7) is 2.52. The second-order valence-corrected chi connectivity index (χ2v) is 10.9. The summed E-state index contributed by atoms with van der Waals surface area (Å²) in [6, 6.07) is 6.53. The van der Waals surface area contributed by atoms with Crippen LogP contribution < -0.4 is 10.2 Å². The van der Waals surface area contributed by atoms with Crippen LogP contribution in [0.25, 0.3) is 0 Å².